The summed E-state index contributed by atoms with van der Waals surface area (Å²) in [7, 11) is 0. The fourth-order valence-electron chi connectivity index (χ4n) is 2.99. The summed E-state index contributed by atoms with van der Waals surface area (Å²) in [6, 6.07) is 10.2. The van der Waals surface area contributed by atoms with Crippen molar-refractivity contribution in [3.05, 3.63) is 35.9 Å². The number of amides is 1. The highest BCUT2D eigenvalue weighted by molar-refractivity contribution is 5.77. The molecule has 3 heteroatoms. The van der Waals surface area contributed by atoms with Crippen LogP contribution in [0.4, 0.5) is 0 Å². The summed E-state index contributed by atoms with van der Waals surface area (Å²) in [5.74, 6) is 0.301. The summed E-state index contributed by atoms with van der Waals surface area (Å²) < 4.78 is 0. The number of benzene rings is 1. The van der Waals surface area contributed by atoms with Gasteiger partial charge in [0.15, 0.2) is 0 Å². The smallest absolute Gasteiger partial charge is 0.220 e. The van der Waals surface area contributed by atoms with Crippen molar-refractivity contribution in [3.8, 4) is 0 Å². The third-order valence-electron chi connectivity index (χ3n) is 4.34. The van der Waals surface area contributed by atoms with E-state index in [1.54, 1.807) is 0 Å². The van der Waals surface area contributed by atoms with Crippen LogP contribution in [0.3, 0.4) is 0 Å². The van der Waals surface area contributed by atoms with Crippen molar-refractivity contribution in [2.75, 3.05) is 6.54 Å². The van der Waals surface area contributed by atoms with E-state index < -0.39 is 5.60 Å². The van der Waals surface area contributed by atoms with Crippen LogP contribution in [-0.2, 0) is 4.79 Å². The van der Waals surface area contributed by atoms with E-state index in [1.807, 2.05) is 18.2 Å². The number of nitrogens with one attached hydrogen (secondary N) is 1. The Morgan fingerprint density at radius 3 is 2.55 bits per heavy atom. The lowest BCUT2D eigenvalue weighted by Crippen LogP contribution is -2.41. The Hall–Kier alpha value is -1.35. The quantitative estimate of drug-likeness (QED) is 0.838. The van der Waals surface area contributed by atoms with Crippen LogP contribution in [0, 0.1) is 0 Å². The molecular formula is C17H25NO2. The zero-order chi connectivity index (χ0) is 14.4. The molecule has 3 nitrogen and oxygen atoms in total. The second-order valence-corrected chi connectivity index (χ2v) is 5.93. The van der Waals surface area contributed by atoms with E-state index in [0.29, 0.717) is 13.0 Å². The predicted octanol–water partition coefficient (Wildman–Crippen LogP) is 2.99. The van der Waals surface area contributed by atoms with E-state index in [2.05, 4.69) is 24.4 Å². The topological polar surface area (TPSA) is 49.3 Å². The summed E-state index contributed by atoms with van der Waals surface area (Å²) in [6.45, 7) is 2.51. The van der Waals surface area contributed by atoms with Crippen molar-refractivity contribution in [1.29, 1.82) is 0 Å². The number of hydrogen-bond acceptors (Lipinski definition) is 2. The van der Waals surface area contributed by atoms with Crippen LogP contribution in [0.25, 0.3) is 0 Å². The second-order valence-electron chi connectivity index (χ2n) is 5.93. The SMILES string of the molecule is CCC(CC(=O)NCC1(O)CCCC1)c1ccccc1. The predicted molar refractivity (Wildman–Crippen MR) is 80.5 cm³/mol. The van der Waals surface area contributed by atoms with Crippen molar-refractivity contribution >= 4 is 5.91 Å². The lowest BCUT2D eigenvalue weighted by molar-refractivity contribution is -0.122. The molecule has 1 aliphatic rings. The second kappa shape index (κ2) is 6.89. The molecule has 0 aromatic heterocycles. The Morgan fingerprint density at radius 2 is 1.95 bits per heavy atom. The third-order valence-corrected chi connectivity index (χ3v) is 4.34. The van der Waals surface area contributed by atoms with Crippen molar-refractivity contribution in [3.63, 3.8) is 0 Å². The summed E-state index contributed by atoms with van der Waals surface area (Å²) in [4.78, 5) is 12.1. The largest absolute Gasteiger partial charge is 0.388 e. The zero-order valence-corrected chi connectivity index (χ0v) is 12.3. The Balaban J connectivity index is 1.83. The van der Waals surface area contributed by atoms with Crippen LogP contribution >= 0.6 is 0 Å². The monoisotopic (exact) mass is 275 g/mol. The summed E-state index contributed by atoms with van der Waals surface area (Å²) in [5, 5.41) is 13.1. The molecule has 20 heavy (non-hydrogen) atoms. The van der Waals surface area contributed by atoms with Crippen LogP contribution in [0.15, 0.2) is 30.3 Å². The fourth-order valence-corrected chi connectivity index (χ4v) is 2.99. The van der Waals surface area contributed by atoms with Gasteiger partial charge in [0, 0.05) is 13.0 Å². The first-order chi connectivity index (χ1) is 9.63. The van der Waals surface area contributed by atoms with Gasteiger partial charge in [-0.2, -0.15) is 0 Å². The molecule has 0 saturated heterocycles. The molecule has 2 rings (SSSR count). The summed E-state index contributed by atoms with van der Waals surface area (Å²) >= 11 is 0. The molecule has 0 heterocycles. The van der Waals surface area contributed by atoms with Crippen LogP contribution in [0.2, 0.25) is 0 Å². The normalized spacial score (nSPS) is 18.7. The molecule has 0 radical (unpaired) electrons. The molecule has 1 amide bonds. The number of rotatable bonds is 6. The first-order valence-corrected chi connectivity index (χ1v) is 7.67. The Morgan fingerprint density at radius 1 is 1.30 bits per heavy atom. The molecule has 110 valence electrons. The lowest BCUT2D eigenvalue weighted by Gasteiger charge is -2.23. The van der Waals surface area contributed by atoms with E-state index in [1.165, 1.54) is 5.56 Å². The van der Waals surface area contributed by atoms with Crippen LogP contribution in [0.1, 0.15) is 56.9 Å². The van der Waals surface area contributed by atoms with Crippen LogP contribution in [-0.4, -0.2) is 23.2 Å². The molecule has 0 bridgehead atoms. The first kappa shape index (κ1) is 15.0. The standard InChI is InChI=1S/C17H25NO2/c1-2-14(15-8-4-3-5-9-15)12-16(19)18-13-17(20)10-6-7-11-17/h3-5,8-9,14,20H,2,6-7,10-13H2,1H3,(H,18,19). The maximum Gasteiger partial charge on any atom is 0.220 e. The highest BCUT2D eigenvalue weighted by atomic mass is 16.3. The van der Waals surface area contributed by atoms with E-state index in [-0.39, 0.29) is 11.8 Å². The molecule has 1 fully saturated rings. The number of aliphatic hydroxyl groups is 1. The maximum atomic E-state index is 12.1. The van der Waals surface area contributed by atoms with Gasteiger partial charge in [-0.05, 0) is 30.7 Å². The van der Waals surface area contributed by atoms with Crippen LogP contribution < -0.4 is 5.32 Å². The molecule has 1 unspecified atom stereocenters. The van der Waals surface area contributed by atoms with E-state index in [9.17, 15) is 9.90 Å². The molecular weight excluding hydrogens is 250 g/mol. The Labute approximate surface area is 121 Å². The fraction of sp³-hybridized carbons (Fsp3) is 0.588. The van der Waals surface area contributed by atoms with Crippen molar-refractivity contribution < 1.29 is 9.90 Å². The average Bonchev–Trinajstić information content (AvgIpc) is 2.91. The average molecular weight is 275 g/mol. The number of hydrogen-bond donors (Lipinski definition) is 2. The van der Waals surface area contributed by atoms with Crippen LogP contribution in [0.5, 0.6) is 0 Å². The highest BCUT2D eigenvalue weighted by Crippen LogP contribution is 2.29. The Bertz CT molecular complexity index is 424. The van der Waals surface area contributed by atoms with E-state index in [4.69, 9.17) is 0 Å². The lowest BCUT2D eigenvalue weighted by atomic mass is 9.93. The van der Waals surface area contributed by atoms with Crippen molar-refractivity contribution in [2.24, 2.45) is 0 Å². The molecule has 2 N–H and O–H groups in total. The summed E-state index contributed by atoms with van der Waals surface area (Å²) in [6.07, 6.45) is 5.19. The van der Waals surface area contributed by atoms with Gasteiger partial charge in [0.05, 0.1) is 5.60 Å². The third kappa shape index (κ3) is 4.07. The van der Waals surface area contributed by atoms with E-state index >= 15 is 0 Å². The van der Waals surface area contributed by atoms with Gasteiger partial charge in [-0.15, -0.1) is 0 Å². The summed E-state index contributed by atoms with van der Waals surface area (Å²) in [5.41, 5.74) is 0.550. The zero-order valence-electron chi connectivity index (χ0n) is 12.3. The molecule has 1 aromatic rings. The minimum atomic E-state index is -0.663. The molecule has 0 aliphatic heterocycles. The van der Waals surface area contributed by atoms with Gasteiger partial charge in [0.2, 0.25) is 5.91 Å². The molecule has 1 aliphatic carbocycles. The highest BCUT2D eigenvalue weighted by Gasteiger charge is 2.31. The molecule has 1 aromatic carbocycles. The van der Waals surface area contributed by atoms with Crippen molar-refractivity contribution in [2.45, 2.75) is 57.0 Å². The van der Waals surface area contributed by atoms with Gasteiger partial charge in [-0.25, -0.2) is 0 Å². The van der Waals surface area contributed by atoms with Gasteiger partial charge in [0.1, 0.15) is 0 Å². The molecule has 1 saturated carbocycles. The molecule has 0 spiro atoms. The minimum absolute atomic E-state index is 0.0426. The minimum Gasteiger partial charge on any atom is -0.388 e. The maximum absolute atomic E-state index is 12.1. The van der Waals surface area contributed by atoms with Gasteiger partial charge in [-0.3, -0.25) is 4.79 Å². The number of carbonyl (C=O) groups excluding carboxylic acids is 1. The number of carbonyl (C=O) groups is 1. The van der Waals surface area contributed by atoms with Gasteiger partial charge in [-0.1, -0.05) is 50.1 Å². The van der Waals surface area contributed by atoms with Gasteiger partial charge >= 0.3 is 0 Å². The van der Waals surface area contributed by atoms with Gasteiger partial charge < -0.3 is 10.4 Å². The first-order valence-electron chi connectivity index (χ1n) is 7.67. The van der Waals surface area contributed by atoms with E-state index in [0.717, 1.165) is 32.1 Å². The Kier molecular flexibility index (Phi) is 5.18. The van der Waals surface area contributed by atoms with Gasteiger partial charge in [0.25, 0.3) is 0 Å². The van der Waals surface area contributed by atoms with Crippen molar-refractivity contribution in [1.82, 2.24) is 5.32 Å². The molecule has 1 atom stereocenters.